The molecular weight excluding hydrogens is 344 g/mol. The highest BCUT2D eigenvalue weighted by molar-refractivity contribution is 6.04. The molecule has 6 heteroatoms. The highest BCUT2D eigenvalue weighted by Crippen LogP contribution is 2.36. The van der Waals surface area contributed by atoms with Crippen molar-refractivity contribution in [3.63, 3.8) is 0 Å². The zero-order chi connectivity index (χ0) is 20.6. The molecule has 4 N–H and O–H groups in total. The van der Waals surface area contributed by atoms with Crippen LogP contribution in [0.25, 0.3) is 0 Å². The molecule has 152 valence electrons. The number of aryl methyl sites for hydroxylation is 2. The van der Waals surface area contributed by atoms with E-state index >= 15 is 0 Å². The number of ketones is 1. The number of aliphatic hydroxyl groups is 1. The summed E-state index contributed by atoms with van der Waals surface area (Å²) in [4.78, 5) is 25.2. The Labute approximate surface area is 162 Å². The quantitative estimate of drug-likeness (QED) is 0.586. The number of nitrogens with two attached hydrogens (primary N) is 1. The van der Waals surface area contributed by atoms with Gasteiger partial charge in [0.1, 0.15) is 5.60 Å². The minimum Gasteiger partial charge on any atom is -0.550 e. The Balaban J connectivity index is 0.000000445. The van der Waals surface area contributed by atoms with E-state index in [-0.39, 0.29) is 12.8 Å². The Morgan fingerprint density at radius 1 is 1.26 bits per heavy atom. The fraction of sp³-hybridized carbons (Fsp3) is 0.619. The molecule has 0 amide bonds. The first kappa shape index (κ1) is 23.3. The molecule has 6 nitrogen and oxygen atoms in total. The number of carboxylic acid groups (broad SMARTS) is 1. The summed E-state index contributed by atoms with van der Waals surface area (Å²) in [6.45, 7) is 5.83. The maximum Gasteiger partial charge on any atom is 0.195 e. The van der Waals surface area contributed by atoms with E-state index in [4.69, 9.17) is 5.73 Å². The smallest absolute Gasteiger partial charge is 0.195 e. The van der Waals surface area contributed by atoms with Gasteiger partial charge in [-0.1, -0.05) is 25.0 Å². The topological polar surface area (TPSA) is 108 Å². The summed E-state index contributed by atoms with van der Waals surface area (Å²) in [6, 6.07) is 5.16. The molecule has 1 aliphatic carbocycles. The molecule has 0 aromatic heterocycles. The van der Waals surface area contributed by atoms with Gasteiger partial charge in [-0.15, -0.1) is 0 Å². The SMILES string of the molecule is C[NH+](C)CCCN.Cc1ccc(C(=O)C2(O)CCCCC2C(=O)[O-])cc1C. The highest BCUT2D eigenvalue weighted by atomic mass is 16.4. The van der Waals surface area contributed by atoms with Crippen LogP contribution >= 0.6 is 0 Å². The molecule has 0 heterocycles. The zero-order valence-electron chi connectivity index (χ0n) is 17.0. The molecule has 2 unspecified atom stereocenters. The first-order valence-electron chi connectivity index (χ1n) is 9.67. The van der Waals surface area contributed by atoms with Crippen LogP contribution < -0.4 is 15.7 Å². The molecule has 0 spiro atoms. The lowest BCUT2D eigenvalue weighted by Gasteiger charge is -2.39. The number of benzene rings is 1. The van der Waals surface area contributed by atoms with Crippen molar-refractivity contribution in [2.24, 2.45) is 11.7 Å². The van der Waals surface area contributed by atoms with Crippen molar-refractivity contribution in [3.8, 4) is 0 Å². The van der Waals surface area contributed by atoms with E-state index in [1.165, 1.54) is 11.4 Å². The second kappa shape index (κ2) is 10.5. The largest absolute Gasteiger partial charge is 0.550 e. The standard InChI is InChI=1S/C16H20O4.C5H14N2/c1-10-6-7-12(9-11(10)2)14(17)16(20)8-4-3-5-13(16)15(18)19;1-7(2)5-3-4-6/h6-7,9,13,20H,3-5,8H2,1-2H3,(H,18,19);3-6H2,1-2H3. The third kappa shape index (κ3) is 6.41. The number of carboxylic acids is 1. The number of quaternary nitrogens is 1. The molecule has 1 aromatic carbocycles. The lowest BCUT2D eigenvalue weighted by Crippen LogP contribution is -3.05. The third-order valence-electron chi connectivity index (χ3n) is 5.20. The van der Waals surface area contributed by atoms with Crippen LogP contribution in [0.15, 0.2) is 18.2 Å². The third-order valence-corrected chi connectivity index (χ3v) is 5.20. The van der Waals surface area contributed by atoms with Gasteiger partial charge < -0.3 is 25.6 Å². The van der Waals surface area contributed by atoms with Gasteiger partial charge in [-0.05, 0) is 50.4 Å². The van der Waals surface area contributed by atoms with Crippen molar-refractivity contribution in [3.05, 3.63) is 34.9 Å². The predicted octanol–water partition coefficient (Wildman–Crippen LogP) is -0.363. The van der Waals surface area contributed by atoms with Gasteiger partial charge in [0.25, 0.3) is 0 Å². The second-order valence-corrected chi connectivity index (χ2v) is 7.77. The van der Waals surface area contributed by atoms with Gasteiger partial charge in [0.05, 0.1) is 20.6 Å². The molecular formula is C21H34N2O4. The average Bonchev–Trinajstić information content (AvgIpc) is 2.62. The van der Waals surface area contributed by atoms with Gasteiger partial charge >= 0.3 is 0 Å². The summed E-state index contributed by atoms with van der Waals surface area (Å²) in [5, 5.41) is 21.8. The molecule has 0 saturated heterocycles. The Hall–Kier alpha value is -1.76. The van der Waals surface area contributed by atoms with Crippen LogP contribution in [0.5, 0.6) is 0 Å². The Morgan fingerprint density at radius 3 is 2.41 bits per heavy atom. The maximum atomic E-state index is 12.6. The van der Waals surface area contributed by atoms with Crippen molar-refractivity contribution < 1.29 is 24.7 Å². The molecule has 0 aliphatic heterocycles. The fourth-order valence-electron chi connectivity index (χ4n) is 3.33. The normalized spacial score (nSPS) is 22.1. The molecule has 1 fully saturated rings. The van der Waals surface area contributed by atoms with Gasteiger partial charge in [-0.25, -0.2) is 0 Å². The predicted molar refractivity (Wildman–Crippen MR) is 104 cm³/mol. The molecule has 1 aliphatic rings. The maximum absolute atomic E-state index is 12.6. The minimum atomic E-state index is -1.83. The number of hydrogen-bond donors (Lipinski definition) is 3. The van der Waals surface area contributed by atoms with Crippen molar-refractivity contribution in [2.75, 3.05) is 27.2 Å². The number of aliphatic carboxylic acids is 1. The van der Waals surface area contributed by atoms with E-state index in [0.29, 0.717) is 18.4 Å². The Bertz CT molecular complexity index is 645. The van der Waals surface area contributed by atoms with Crippen LogP contribution in [-0.2, 0) is 4.79 Å². The van der Waals surface area contributed by atoms with Crippen LogP contribution in [0.3, 0.4) is 0 Å². The van der Waals surface area contributed by atoms with Crippen molar-refractivity contribution >= 4 is 11.8 Å². The van der Waals surface area contributed by atoms with Crippen LogP contribution in [0.1, 0.15) is 53.6 Å². The second-order valence-electron chi connectivity index (χ2n) is 7.77. The minimum absolute atomic E-state index is 0.178. The van der Waals surface area contributed by atoms with E-state index in [1.54, 1.807) is 12.1 Å². The summed E-state index contributed by atoms with van der Waals surface area (Å²) in [5.41, 5.74) is 5.79. The van der Waals surface area contributed by atoms with Gasteiger partial charge in [-0.2, -0.15) is 0 Å². The van der Waals surface area contributed by atoms with Crippen LogP contribution in [-0.4, -0.2) is 49.6 Å². The summed E-state index contributed by atoms with van der Waals surface area (Å²) >= 11 is 0. The van der Waals surface area contributed by atoms with Crippen LogP contribution in [0.2, 0.25) is 0 Å². The van der Waals surface area contributed by atoms with Gasteiger partial charge in [-0.3, -0.25) is 4.79 Å². The van der Waals surface area contributed by atoms with E-state index in [1.807, 2.05) is 19.9 Å². The number of nitrogens with one attached hydrogen (secondary N) is 1. The molecule has 27 heavy (non-hydrogen) atoms. The fourth-order valence-corrected chi connectivity index (χ4v) is 3.33. The molecule has 1 aromatic rings. The summed E-state index contributed by atoms with van der Waals surface area (Å²) in [7, 11) is 4.27. The molecule has 1 saturated carbocycles. The van der Waals surface area contributed by atoms with E-state index in [9.17, 15) is 19.8 Å². The average molecular weight is 379 g/mol. The number of carbonyl (C=O) groups excluding carboxylic acids is 2. The highest BCUT2D eigenvalue weighted by Gasteiger charge is 2.46. The summed E-state index contributed by atoms with van der Waals surface area (Å²) in [5.74, 6) is -2.97. The van der Waals surface area contributed by atoms with E-state index in [2.05, 4.69) is 14.1 Å². The molecule has 2 atom stereocenters. The number of rotatable bonds is 6. The zero-order valence-corrected chi connectivity index (χ0v) is 17.0. The molecule has 0 bridgehead atoms. The molecule has 2 rings (SSSR count). The van der Waals surface area contributed by atoms with Crippen molar-refractivity contribution in [1.29, 1.82) is 0 Å². The first-order chi connectivity index (χ1) is 12.6. The van der Waals surface area contributed by atoms with Crippen molar-refractivity contribution in [2.45, 2.75) is 51.6 Å². The monoisotopic (exact) mass is 378 g/mol. The summed E-state index contributed by atoms with van der Waals surface area (Å²) in [6.07, 6.45) is 2.95. The van der Waals surface area contributed by atoms with E-state index in [0.717, 1.165) is 24.1 Å². The molecule has 0 radical (unpaired) electrons. The Kier molecular flexibility index (Phi) is 9.09. The summed E-state index contributed by atoms with van der Waals surface area (Å²) < 4.78 is 0. The van der Waals surface area contributed by atoms with Crippen LogP contribution in [0.4, 0.5) is 0 Å². The number of carbonyl (C=O) groups is 2. The van der Waals surface area contributed by atoms with Gasteiger partial charge in [0.15, 0.2) is 5.78 Å². The lowest BCUT2D eigenvalue weighted by atomic mass is 9.71. The van der Waals surface area contributed by atoms with E-state index < -0.39 is 23.3 Å². The van der Waals surface area contributed by atoms with Crippen LogP contribution in [0, 0.1) is 19.8 Å². The number of hydrogen-bond acceptors (Lipinski definition) is 5. The Morgan fingerprint density at radius 2 is 1.93 bits per heavy atom. The van der Waals surface area contributed by atoms with Gasteiger partial charge in [0.2, 0.25) is 0 Å². The van der Waals surface area contributed by atoms with Crippen molar-refractivity contribution in [1.82, 2.24) is 0 Å². The lowest BCUT2D eigenvalue weighted by molar-refractivity contribution is -0.858. The van der Waals surface area contributed by atoms with Gasteiger partial charge in [0, 0.05) is 23.9 Å². The number of Topliss-reactive ketones (excluding diaryl/α,β-unsaturated/α-hetero) is 1. The first-order valence-corrected chi connectivity index (χ1v) is 9.67.